The Balaban J connectivity index is 2.04. The highest BCUT2D eigenvalue weighted by atomic mass is 79.9. The molecule has 162 valence electrons. The van der Waals surface area contributed by atoms with Crippen LogP contribution in [0.2, 0.25) is 0 Å². The zero-order chi connectivity index (χ0) is 22.2. The van der Waals surface area contributed by atoms with Crippen LogP contribution in [-0.2, 0) is 15.0 Å². The van der Waals surface area contributed by atoms with Crippen molar-refractivity contribution in [3.8, 4) is 16.8 Å². The highest BCUT2D eigenvalue weighted by Gasteiger charge is 2.60. The van der Waals surface area contributed by atoms with E-state index < -0.39 is 35.9 Å². The van der Waals surface area contributed by atoms with Crippen molar-refractivity contribution in [2.24, 2.45) is 0 Å². The minimum atomic E-state index is -1.48. The maximum atomic E-state index is 11.5. The van der Waals surface area contributed by atoms with Crippen LogP contribution in [0.15, 0.2) is 40.4 Å². The van der Waals surface area contributed by atoms with Crippen molar-refractivity contribution >= 4 is 39.9 Å². The fourth-order valence-corrected chi connectivity index (χ4v) is 5.43. The summed E-state index contributed by atoms with van der Waals surface area (Å²) in [6.45, 7) is -0.472. The van der Waals surface area contributed by atoms with Crippen LogP contribution in [0.1, 0.15) is 11.1 Å². The molecule has 1 aliphatic rings. The molecule has 0 saturated carbocycles. The maximum absolute atomic E-state index is 11.5. The van der Waals surface area contributed by atoms with Crippen LogP contribution in [0.5, 0.6) is 0 Å². The van der Waals surface area contributed by atoms with Crippen LogP contribution in [0.4, 0.5) is 0 Å². The zero-order valence-corrected chi connectivity index (χ0v) is 19.5. The van der Waals surface area contributed by atoms with Gasteiger partial charge < -0.3 is 19.7 Å². The van der Waals surface area contributed by atoms with Crippen LogP contribution >= 0.6 is 39.9 Å². The van der Waals surface area contributed by atoms with E-state index in [-0.39, 0.29) is 0 Å². The molecule has 1 aliphatic heterocycles. The second kappa shape index (κ2) is 8.95. The van der Waals surface area contributed by atoms with Gasteiger partial charge in [-0.05, 0) is 18.2 Å². The average Bonchev–Trinajstić information content (AvgIpc) is 3.47. The number of thiazole rings is 1. The van der Waals surface area contributed by atoms with E-state index in [0.717, 1.165) is 0 Å². The molecule has 2 aromatic heterocycles. The lowest BCUT2D eigenvalue weighted by Gasteiger charge is -2.51. The molecule has 0 amide bonds. The topological polar surface area (TPSA) is 126 Å². The Kier molecular flexibility index (Phi) is 6.45. The first-order valence-electron chi connectivity index (χ1n) is 9.15. The van der Waals surface area contributed by atoms with Crippen molar-refractivity contribution in [3.63, 3.8) is 0 Å². The van der Waals surface area contributed by atoms with E-state index in [2.05, 4.69) is 49.9 Å². The van der Waals surface area contributed by atoms with Gasteiger partial charge in [0.15, 0.2) is 0 Å². The van der Waals surface area contributed by atoms with Crippen LogP contribution in [-0.4, -0.2) is 67.7 Å². The van der Waals surface area contributed by atoms with Gasteiger partial charge in [0.25, 0.3) is 0 Å². The number of halogens is 1. The summed E-state index contributed by atoms with van der Waals surface area (Å²) in [4.78, 5) is 4.26. The van der Waals surface area contributed by atoms with E-state index in [4.69, 9.17) is 9.47 Å². The largest absolute Gasteiger partial charge is 0.394 e. The third-order valence-electron chi connectivity index (χ3n) is 5.30. The third kappa shape index (κ3) is 3.60. The molecule has 12 heteroatoms. The number of hydrogen-bond donors (Lipinski definition) is 3. The molecular weight excluding hydrogens is 506 g/mol. The van der Waals surface area contributed by atoms with Crippen molar-refractivity contribution < 1.29 is 19.7 Å². The molecule has 0 radical (unpaired) electrons. The van der Waals surface area contributed by atoms with Crippen LogP contribution < -0.4 is 0 Å². The van der Waals surface area contributed by atoms with Gasteiger partial charge >= 0.3 is 0 Å². The standard InChI is InChI=1S/C19H18BrN5O4S2/c1-28-16-18(30)29-14(9-26)15(27)19(16,12-6-11(20)3-2-10(12)7-21)25-8-13(23-24-25)17-22-4-5-31-17/h2-6,8,14-16,18,26-27,30H,9H2,1H3/t14-,15+,16+,18-,19?/m1/s1. The molecule has 1 fully saturated rings. The summed E-state index contributed by atoms with van der Waals surface area (Å²) in [7, 11) is 1.46. The van der Waals surface area contributed by atoms with Gasteiger partial charge in [-0.2, -0.15) is 5.26 Å². The highest BCUT2D eigenvalue weighted by molar-refractivity contribution is 9.10. The van der Waals surface area contributed by atoms with Gasteiger partial charge in [0, 0.05) is 28.7 Å². The van der Waals surface area contributed by atoms with E-state index in [0.29, 0.717) is 26.3 Å². The summed E-state index contributed by atoms with van der Waals surface area (Å²) in [6.07, 6.45) is 0.0472. The first-order chi connectivity index (χ1) is 15.0. The van der Waals surface area contributed by atoms with Crippen LogP contribution in [0.25, 0.3) is 10.7 Å². The van der Waals surface area contributed by atoms with E-state index in [1.54, 1.807) is 30.6 Å². The normalized spacial score (nSPS) is 28.4. The first kappa shape index (κ1) is 22.3. The van der Waals surface area contributed by atoms with Crippen LogP contribution in [0, 0.1) is 11.3 Å². The molecule has 31 heavy (non-hydrogen) atoms. The van der Waals surface area contributed by atoms with Crippen LogP contribution in [0.3, 0.4) is 0 Å². The van der Waals surface area contributed by atoms with E-state index >= 15 is 0 Å². The number of aromatic nitrogens is 4. The molecule has 0 aliphatic carbocycles. The second-order valence-corrected chi connectivity index (χ2v) is 9.18. The number of hydrogen-bond acceptors (Lipinski definition) is 10. The molecule has 1 aromatic carbocycles. The lowest BCUT2D eigenvalue weighted by Crippen LogP contribution is -2.68. The average molecular weight is 524 g/mol. The van der Waals surface area contributed by atoms with Gasteiger partial charge in [-0.3, -0.25) is 0 Å². The molecule has 2 N–H and O–H groups in total. The van der Waals surface area contributed by atoms with Gasteiger partial charge in [-0.25, -0.2) is 9.67 Å². The quantitative estimate of drug-likeness (QED) is 0.432. The summed E-state index contributed by atoms with van der Waals surface area (Å²) in [5.41, 5.74) is -1.10. The van der Waals surface area contributed by atoms with Crippen molar-refractivity contribution in [1.29, 1.82) is 5.26 Å². The Morgan fingerprint density at radius 1 is 1.48 bits per heavy atom. The molecule has 3 aromatic rings. The summed E-state index contributed by atoms with van der Waals surface area (Å²) < 4.78 is 13.6. The number of methoxy groups -OCH3 is 1. The molecule has 9 nitrogen and oxygen atoms in total. The molecule has 1 unspecified atom stereocenters. The number of thiol groups is 1. The Bertz CT molecular complexity index is 1110. The van der Waals surface area contributed by atoms with E-state index in [9.17, 15) is 15.5 Å². The Morgan fingerprint density at radius 3 is 2.94 bits per heavy atom. The molecule has 4 rings (SSSR count). The van der Waals surface area contributed by atoms with Gasteiger partial charge in [0.1, 0.15) is 40.0 Å². The SMILES string of the molecule is CO[C@H]1[C@@H](S)O[C@H](CO)[C@H](O)C1(c1cc(Br)ccc1C#N)n1cc(-c2nccs2)nn1. The number of aliphatic hydroxyl groups is 2. The minimum Gasteiger partial charge on any atom is -0.394 e. The monoisotopic (exact) mass is 523 g/mol. The lowest BCUT2D eigenvalue weighted by atomic mass is 9.74. The number of nitrogens with zero attached hydrogens (tertiary/aromatic N) is 5. The first-order valence-corrected chi connectivity index (χ1v) is 11.3. The molecule has 1 saturated heterocycles. The van der Waals surface area contributed by atoms with Gasteiger partial charge in [0.2, 0.25) is 0 Å². The fourth-order valence-electron chi connectivity index (χ4n) is 3.97. The van der Waals surface area contributed by atoms with Gasteiger partial charge in [-0.15, -0.1) is 29.1 Å². The van der Waals surface area contributed by atoms with E-state index in [1.807, 2.05) is 5.38 Å². The molecule has 3 heterocycles. The molecular formula is C19H18BrN5O4S2. The highest BCUT2D eigenvalue weighted by Crippen LogP contribution is 2.45. The number of benzene rings is 1. The molecule has 0 bridgehead atoms. The molecule has 5 atom stereocenters. The zero-order valence-electron chi connectivity index (χ0n) is 16.2. The van der Waals surface area contributed by atoms with Gasteiger partial charge in [0.05, 0.1) is 24.4 Å². The summed E-state index contributed by atoms with van der Waals surface area (Å²) >= 11 is 9.37. The smallest absolute Gasteiger partial charge is 0.148 e. The maximum Gasteiger partial charge on any atom is 0.148 e. The summed E-state index contributed by atoms with van der Waals surface area (Å²) in [6, 6.07) is 7.26. The number of rotatable bonds is 5. The van der Waals surface area contributed by atoms with Crippen molar-refractivity contribution in [2.75, 3.05) is 13.7 Å². The predicted molar refractivity (Wildman–Crippen MR) is 119 cm³/mol. The third-order valence-corrected chi connectivity index (χ3v) is 6.98. The number of nitriles is 1. The number of ether oxygens (including phenoxy) is 2. The Morgan fingerprint density at radius 2 is 2.29 bits per heavy atom. The van der Waals surface area contributed by atoms with Crippen molar-refractivity contribution in [3.05, 3.63) is 51.6 Å². The van der Waals surface area contributed by atoms with Crippen molar-refractivity contribution in [1.82, 2.24) is 20.0 Å². The van der Waals surface area contributed by atoms with Crippen molar-refractivity contribution in [2.45, 2.75) is 29.3 Å². The Labute approximate surface area is 195 Å². The second-order valence-electron chi connectivity index (χ2n) is 6.86. The molecule has 0 spiro atoms. The summed E-state index contributed by atoms with van der Waals surface area (Å²) in [5, 5.41) is 42.3. The Hall–Kier alpha value is -1.85. The van der Waals surface area contributed by atoms with E-state index in [1.165, 1.54) is 23.1 Å². The summed E-state index contributed by atoms with van der Waals surface area (Å²) in [5.74, 6) is 0. The van der Waals surface area contributed by atoms with Gasteiger partial charge in [-0.1, -0.05) is 21.1 Å². The fraction of sp³-hybridized carbons (Fsp3) is 0.368. The minimum absolute atomic E-state index is 0.301. The number of aliphatic hydroxyl groups excluding tert-OH is 2. The predicted octanol–water partition coefficient (Wildman–Crippen LogP) is 1.80. The lowest BCUT2D eigenvalue weighted by molar-refractivity contribution is -0.213.